The van der Waals surface area contributed by atoms with E-state index in [4.69, 9.17) is 0 Å². The first-order valence-corrected chi connectivity index (χ1v) is 14.9. The zero-order valence-electron chi connectivity index (χ0n) is 27.1. The van der Waals surface area contributed by atoms with Gasteiger partial charge in [0, 0.05) is 37.4 Å². The van der Waals surface area contributed by atoms with Gasteiger partial charge in [0.15, 0.2) is 11.5 Å². The third-order valence-corrected chi connectivity index (χ3v) is 6.60. The Morgan fingerprint density at radius 2 is 1.82 bits per heavy atom. The molecule has 1 unspecified atom stereocenters. The van der Waals surface area contributed by atoms with E-state index in [0.717, 1.165) is 11.6 Å². The normalized spacial score (nSPS) is 14.4. The Kier molecular flexibility index (Phi) is 15.6. The van der Waals surface area contributed by atoms with Crippen molar-refractivity contribution in [1.29, 1.82) is 0 Å². The Balaban J connectivity index is 3.42. The van der Waals surface area contributed by atoms with Crippen molar-refractivity contribution in [3.05, 3.63) is 59.2 Å². The van der Waals surface area contributed by atoms with E-state index in [0.29, 0.717) is 36.8 Å². The van der Waals surface area contributed by atoms with Crippen LogP contribution in [0.4, 0.5) is 22.0 Å². The van der Waals surface area contributed by atoms with Crippen molar-refractivity contribution in [3.8, 4) is 0 Å². The molecule has 0 aliphatic heterocycles. The average Bonchev–Trinajstić information content (AvgIpc) is 3.32. The van der Waals surface area contributed by atoms with Crippen LogP contribution >= 0.6 is 0 Å². The van der Waals surface area contributed by atoms with Gasteiger partial charge >= 0.3 is 12.7 Å². The molecule has 0 saturated carbocycles. The van der Waals surface area contributed by atoms with Gasteiger partial charge in [-0.1, -0.05) is 51.5 Å². The molecule has 44 heavy (non-hydrogen) atoms. The molecular formula is C32H48F5N5O2. The summed E-state index contributed by atoms with van der Waals surface area (Å²) in [6.45, 7) is 9.84. The molecule has 0 fully saturated rings. The first-order chi connectivity index (χ1) is 20.4. The zero-order chi connectivity index (χ0) is 33.7. The van der Waals surface area contributed by atoms with Crippen LogP contribution in [0.25, 0.3) is 5.57 Å². The highest BCUT2D eigenvalue weighted by molar-refractivity contribution is 5.81. The standard InChI is InChI=1S/C32H48F5N5O2/c1-9-12-14-24(18-38-30(33)34)16-23(5)29(44)39-31(6,7)21-42-27(17-28(40-42)32(35,36)37)25(15-22(4)11-3)19-41(8)20-26(43)13-10-2/h12,14-15,17-19,23,30,38H,9-11,13,16,20-21H2,1-8H3,(H,39,44)/b14-12+,22-15+,24-18+,25-19+. The molecule has 1 aromatic rings. The van der Waals surface area contributed by atoms with E-state index >= 15 is 0 Å². The highest BCUT2D eigenvalue weighted by Gasteiger charge is 2.36. The van der Waals surface area contributed by atoms with E-state index in [1.165, 1.54) is 10.9 Å². The maximum atomic E-state index is 13.9. The van der Waals surface area contributed by atoms with Crippen molar-refractivity contribution in [2.24, 2.45) is 5.92 Å². The number of carbonyl (C=O) groups excluding carboxylic acids is 2. The summed E-state index contributed by atoms with van der Waals surface area (Å²) in [4.78, 5) is 27.1. The summed E-state index contributed by atoms with van der Waals surface area (Å²) in [5.74, 6) is -0.999. The minimum atomic E-state index is -4.71. The molecule has 12 heteroatoms. The fraction of sp³-hybridized carbons (Fsp3) is 0.594. The molecule has 0 saturated heterocycles. The minimum Gasteiger partial charge on any atom is -0.373 e. The molecule has 0 spiro atoms. The molecular weight excluding hydrogens is 581 g/mol. The van der Waals surface area contributed by atoms with Gasteiger partial charge in [-0.2, -0.15) is 27.1 Å². The Morgan fingerprint density at radius 1 is 1.16 bits per heavy atom. The molecule has 1 amide bonds. The van der Waals surface area contributed by atoms with Crippen molar-refractivity contribution in [1.82, 2.24) is 25.3 Å². The van der Waals surface area contributed by atoms with Gasteiger partial charge < -0.3 is 15.5 Å². The predicted octanol–water partition coefficient (Wildman–Crippen LogP) is 7.48. The summed E-state index contributed by atoms with van der Waals surface area (Å²) < 4.78 is 68.2. The van der Waals surface area contributed by atoms with E-state index in [2.05, 4.69) is 10.4 Å². The monoisotopic (exact) mass is 629 g/mol. The number of ketones is 1. The van der Waals surface area contributed by atoms with Crippen LogP contribution in [0, 0.1) is 5.92 Å². The average molecular weight is 630 g/mol. The summed E-state index contributed by atoms with van der Waals surface area (Å²) in [5, 5.41) is 8.71. The van der Waals surface area contributed by atoms with Crippen molar-refractivity contribution in [2.75, 3.05) is 13.6 Å². The lowest BCUT2D eigenvalue weighted by atomic mass is 9.97. The van der Waals surface area contributed by atoms with Crippen molar-refractivity contribution in [3.63, 3.8) is 0 Å². The number of hydrogen-bond acceptors (Lipinski definition) is 5. The molecule has 0 radical (unpaired) electrons. The highest BCUT2D eigenvalue weighted by Crippen LogP contribution is 2.32. The van der Waals surface area contributed by atoms with E-state index in [1.807, 2.05) is 33.0 Å². The number of nitrogens with one attached hydrogen (secondary N) is 2. The Bertz CT molecular complexity index is 1210. The quantitative estimate of drug-likeness (QED) is 0.100. The fourth-order valence-electron chi connectivity index (χ4n) is 4.30. The van der Waals surface area contributed by atoms with Crippen LogP contribution in [0.15, 0.2) is 47.8 Å². The summed E-state index contributed by atoms with van der Waals surface area (Å²) in [6, 6.07) is 0.973. The second kappa shape index (κ2) is 17.8. The number of hydrogen-bond donors (Lipinski definition) is 2. The molecule has 7 nitrogen and oxygen atoms in total. The van der Waals surface area contributed by atoms with Crippen molar-refractivity contribution in [2.45, 2.75) is 105 Å². The van der Waals surface area contributed by atoms with Crippen LogP contribution in [-0.2, 0) is 22.3 Å². The number of likely N-dealkylation sites (N-methyl/N-ethyl adjacent to an activating group) is 1. The lowest BCUT2D eigenvalue weighted by molar-refractivity contribution is -0.141. The van der Waals surface area contributed by atoms with Gasteiger partial charge in [-0.05, 0) is 58.1 Å². The highest BCUT2D eigenvalue weighted by atomic mass is 19.4. The van der Waals surface area contributed by atoms with Gasteiger partial charge in [-0.3, -0.25) is 14.3 Å². The van der Waals surface area contributed by atoms with Gasteiger partial charge in [0.1, 0.15) is 0 Å². The molecule has 1 rings (SSSR count). The van der Waals surface area contributed by atoms with Crippen LogP contribution in [0.3, 0.4) is 0 Å². The SMILES string of the molecule is CC/C=C/C(=C\NC(F)F)CC(C)C(=O)NC(C)(C)Cn1nc(C(F)(F)F)cc1C(/C=C(\C)CC)=C/N(C)CC(=O)CCC. The molecule has 1 aromatic heterocycles. The van der Waals surface area contributed by atoms with E-state index in [9.17, 15) is 31.5 Å². The zero-order valence-corrected chi connectivity index (χ0v) is 27.1. The summed E-state index contributed by atoms with van der Waals surface area (Å²) in [7, 11) is 1.69. The lowest BCUT2D eigenvalue weighted by Gasteiger charge is -2.29. The van der Waals surface area contributed by atoms with Crippen molar-refractivity contribution >= 4 is 17.3 Å². The van der Waals surface area contributed by atoms with Gasteiger partial charge in [0.05, 0.1) is 24.3 Å². The maximum Gasteiger partial charge on any atom is 0.435 e. The van der Waals surface area contributed by atoms with E-state index in [1.54, 1.807) is 57.1 Å². The molecule has 0 aromatic carbocycles. The first kappa shape index (κ1) is 38.6. The number of aromatic nitrogens is 2. The Morgan fingerprint density at radius 3 is 2.36 bits per heavy atom. The molecule has 2 N–H and O–H groups in total. The third-order valence-electron chi connectivity index (χ3n) is 6.60. The summed E-state index contributed by atoms with van der Waals surface area (Å²) >= 11 is 0. The molecule has 248 valence electrons. The molecule has 0 bridgehead atoms. The number of Topliss-reactive ketones (excluding diaryl/α,β-unsaturated/α-hetero) is 1. The second-order valence-corrected chi connectivity index (χ2v) is 11.7. The second-order valence-electron chi connectivity index (χ2n) is 11.7. The minimum absolute atomic E-state index is 0.0115. The van der Waals surface area contributed by atoms with Crippen LogP contribution < -0.4 is 10.6 Å². The molecule has 0 aliphatic rings. The molecule has 0 aliphatic carbocycles. The summed E-state index contributed by atoms with van der Waals surface area (Å²) in [5.41, 5.74) is -0.0791. The smallest absolute Gasteiger partial charge is 0.373 e. The number of halogens is 5. The number of carbonyl (C=O) groups is 2. The van der Waals surface area contributed by atoms with Gasteiger partial charge in [-0.25, -0.2) is 0 Å². The van der Waals surface area contributed by atoms with Gasteiger partial charge in [-0.15, -0.1) is 0 Å². The Labute approximate surface area is 258 Å². The number of alkyl halides is 5. The topological polar surface area (TPSA) is 79.3 Å². The summed E-state index contributed by atoms with van der Waals surface area (Å²) in [6.07, 6.45) is 5.94. The van der Waals surface area contributed by atoms with Crippen LogP contribution in [0.1, 0.15) is 92.0 Å². The van der Waals surface area contributed by atoms with Crippen molar-refractivity contribution < 1.29 is 31.5 Å². The first-order valence-electron chi connectivity index (χ1n) is 14.9. The van der Waals surface area contributed by atoms with E-state index < -0.39 is 29.9 Å². The number of amides is 1. The maximum absolute atomic E-state index is 13.9. The molecule has 1 atom stereocenters. The van der Waals surface area contributed by atoms with Crippen LogP contribution in [0.2, 0.25) is 0 Å². The Hall–Kier alpha value is -3.44. The lowest BCUT2D eigenvalue weighted by Crippen LogP contribution is -2.48. The number of rotatable bonds is 18. The third kappa shape index (κ3) is 13.9. The number of allylic oxidation sites excluding steroid dienone is 6. The van der Waals surface area contributed by atoms with Gasteiger partial charge in [0.2, 0.25) is 5.91 Å². The largest absolute Gasteiger partial charge is 0.435 e. The number of nitrogens with zero attached hydrogens (tertiary/aromatic N) is 3. The van der Waals surface area contributed by atoms with Crippen LogP contribution in [-0.4, -0.2) is 52.1 Å². The van der Waals surface area contributed by atoms with Gasteiger partial charge in [0.25, 0.3) is 0 Å². The fourth-order valence-corrected chi connectivity index (χ4v) is 4.30. The van der Waals surface area contributed by atoms with E-state index in [-0.39, 0.29) is 36.9 Å². The predicted molar refractivity (Wildman–Crippen MR) is 164 cm³/mol. The molecule has 1 heterocycles. The van der Waals surface area contributed by atoms with Crippen LogP contribution in [0.5, 0.6) is 0 Å².